The van der Waals surface area contributed by atoms with Crippen LogP contribution in [0.25, 0.3) is 10.8 Å². The summed E-state index contributed by atoms with van der Waals surface area (Å²) < 4.78 is 5.47. The zero-order valence-electron chi connectivity index (χ0n) is 13.0. The molecule has 2 aromatic carbocycles. The van der Waals surface area contributed by atoms with Crippen LogP contribution in [0.15, 0.2) is 36.4 Å². The topological polar surface area (TPSA) is 46.5 Å². The summed E-state index contributed by atoms with van der Waals surface area (Å²) in [5.74, 6) is 0.337. The van der Waals surface area contributed by atoms with Crippen LogP contribution in [0, 0.1) is 5.41 Å². The Kier molecular flexibility index (Phi) is 4.33. The molecule has 0 aromatic heterocycles. The molecule has 0 spiro atoms. The van der Waals surface area contributed by atoms with E-state index < -0.39 is 11.5 Å². The molecule has 2 rings (SSSR count). The van der Waals surface area contributed by atoms with Crippen LogP contribution in [-0.4, -0.2) is 11.1 Å². The van der Waals surface area contributed by atoms with E-state index in [4.69, 9.17) is 4.74 Å². The van der Waals surface area contributed by atoms with E-state index in [0.717, 1.165) is 22.8 Å². The fraction of sp³-hybridized carbons (Fsp3) is 0.389. The van der Waals surface area contributed by atoms with Crippen molar-refractivity contribution in [2.75, 3.05) is 0 Å². The Morgan fingerprint density at radius 1 is 1.19 bits per heavy atom. The van der Waals surface area contributed by atoms with Gasteiger partial charge in [0.25, 0.3) is 0 Å². The predicted octanol–water partition coefficient (Wildman–Crippen LogP) is 4.23. The normalized spacial score (nSPS) is 13.2. The van der Waals surface area contributed by atoms with Gasteiger partial charge in [0.15, 0.2) is 0 Å². The van der Waals surface area contributed by atoms with E-state index >= 15 is 0 Å². The number of fused-ring (bicyclic) bond motifs is 1. The summed E-state index contributed by atoms with van der Waals surface area (Å²) in [6.45, 7) is 7.47. The van der Waals surface area contributed by atoms with E-state index in [1.54, 1.807) is 13.0 Å². The van der Waals surface area contributed by atoms with Crippen molar-refractivity contribution in [2.24, 2.45) is 5.41 Å². The van der Waals surface area contributed by atoms with Gasteiger partial charge in [-0.25, -0.2) is 0 Å². The third-order valence-electron chi connectivity index (χ3n) is 3.97. The van der Waals surface area contributed by atoms with Crippen LogP contribution in [0.2, 0.25) is 0 Å². The zero-order chi connectivity index (χ0) is 15.6. The smallest absolute Gasteiger partial charge is 0.316 e. The summed E-state index contributed by atoms with van der Waals surface area (Å²) in [5, 5.41) is 11.6. The average molecular weight is 286 g/mol. The van der Waals surface area contributed by atoms with Gasteiger partial charge in [0.05, 0.1) is 11.5 Å². The molecule has 0 aliphatic rings. The SMILES string of the molecule is CCC(C)(C)C(=O)Oc1ccc2cc(C(C)O)ccc2c1. The van der Waals surface area contributed by atoms with Crippen molar-refractivity contribution in [3.63, 3.8) is 0 Å². The zero-order valence-corrected chi connectivity index (χ0v) is 13.0. The Balaban J connectivity index is 2.28. The number of benzene rings is 2. The van der Waals surface area contributed by atoms with Crippen LogP contribution in [0.4, 0.5) is 0 Å². The number of rotatable bonds is 4. The first-order valence-electron chi connectivity index (χ1n) is 7.27. The molecule has 0 heterocycles. The van der Waals surface area contributed by atoms with Gasteiger partial charge < -0.3 is 9.84 Å². The van der Waals surface area contributed by atoms with Crippen molar-refractivity contribution in [3.8, 4) is 5.75 Å². The highest BCUT2D eigenvalue weighted by molar-refractivity contribution is 5.86. The van der Waals surface area contributed by atoms with Gasteiger partial charge in [-0.05, 0) is 61.7 Å². The molecule has 2 aromatic rings. The van der Waals surface area contributed by atoms with E-state index in [2.05, 4.69) is 0 Å². The van der Waals surface area contributed by atoms with E-state index in [0.29, 0.717) is 5.75 Å². The third kappa shape index (κ3) is 3.42. The summed E-state index contributed by atoms with van der Waals surface area (Å²) >= 11 is 0. The fourth-order valence-electron chi connectivity index (χ4n) is 1.96. The van der Waals surface area contributed by atoms with Crippen LogP contribution in [0.5, 0.6) is 5.75 Å². The second-order valence-electron chi connectivity index (χ2n) is 6.07. The average Bonchev–Trinajstić information content (AvgIpc) is 2.46. The summed E-state index contributed by atoms with van der Waals surface area (Å²) in [7, 11) is 0. The van der Waals surface area contributed by atoms with Crippen LogP contribution in [0.1, 0.15) is 45.8 Å². The molecule has 0 aliphatic carbocycles. The van der Waals surface area contributed by atoms with Crippen molar-refractivity contribution in [2.45, 2.75) is 40.2 Å². The molecule has 0 saturated heterocycles. The number of carbonyl (C=O) groups excluding carboxylic acids is 1. The number of esters is 1. The Hall–Kier alpha value is -1.87. The number of aliphatic hydroxyl groups excluding tert-OH is 1. The lowest BCUT2D eigenvalue weighted by atomic mass is 9.91. The van der Waals surface area contributed by atoms with Crippen LogP contribution in [-0.2, 0) is 4.79 Å². The van der Waals surface area contributed by atoms with Crippen LogP contribution < -0.4 is 4.74 Å². The van der Waals surface area contributed by atoms with Gasteiger partial charge in [0.2, 0.25) is 0 Å². The lowest BCUT2D eigenvalue weighted by Crippen LogP contribution is -2.28. The van der Waals surface area contributed by atoms with E-state index in [9.17, 15) is 9.90 Å². The minimum absolute atomic E-state index is 0.218. The number of hydrogen-bond donors (Lipinski definition) is 1. The standard InChI is InChI=1S/C18H22O3/c1-5-18(3,4)17(20)21-16-9-8-14-10-13(12(2)19)6-7-15(14)11-16/h6-12,19H,5H2,1-4H3. The van der Waals surface area contributed by atoms with Crippen molar-refractivity contribution in [3.05, 3.63) is 42.0 Å². The highest BCUT2D eigenvalue weighted by Crippen LogP contribution is 2.27. The first-order valence-corrected chi connectivity index (χ1v) is 7.27. The molecule has 0 aliphatic heterocycles. The van der Waals surface area contributed by atoms with Gasteiger partial charge in [-0.3, -0.25) is 4.79 Å². The monoisotopic (exact) mass is 286 g/mol. The molecule has 3 nitrogen and oxygen atoms in total. The molecular weight excluding hydrogens is 264 g/mol. The number of carbonyl (C=O) groups is 1. The van der Waals surface area contributed by atoms with Crippen molar-refractivity contribution in [1.82, 2.24) is 0 Å². The molecule has 0 radical (unpaired) electrons. The molecular formula is C18H22O3. The minimum Gasteiger partial charge on any atom is -0.426 e. The summed E-state index contributed by atoms with van der Waals surface area (Å²) in [6, 6.07) is 11.3. The number of hydrogen-bond acceptors (Lipinski definition) is 3. The maximum Gasteiger partial charge on any atom is 0.316 e. The van der Waals surface area contributed by atoms with Crippen LogP contribution in [0.3, 0.4) is 0 Å². The minimum atomic E-state index is -0.489. The van der Waals surface area contributed by atoms with Crippen LogP contribution >= 0.6 is 0 Å². The molecule has 0 fully saturated rings. The molecule has 1 unspecified atom stereocenters. The summed E-state index contributed by atoms with van der Waals surface area (Å²) in [6.07, 6.45) is 0.245. The highest BCUT2D eigenvalue weighted by Gasteiger charge is 2.27. The third-order valence-corrected chi connectivity index (χ3v) is 3.97. The van der Waals surface area contributed by atoms with Crippen molar-refractivity contribution in [1.29, 1.82) is 0 Å². The molecule has 1 N–H and O–H groups in total. The van der Waals surface area contributed by atoms with E-state index in [-0.39, 0.29) is 5.97 Å². The number of aliphatic hydroxyl groups is 1. The summed E-state index contributed by atoms with van der Waals surface area (Å²) in [5.41, 5.74) is 0.393. The summed E-state index contributed by atoms with van der Waals surface area (Å²) in [4.78, 5) is 12.1. The van der Waals surface area contributed by atoms with Gasteiger partial charge in [-0.2, -0.15) is 0 Å². The fourth-order valence-corrected chi connectivity index (χ4v) is 1.96. The molecule has 0 saturated carbocycles. The first-order chi connectivity index (χ1) is 9.83. The molecule has 0 amide bonds. The molecule has 1 atom stereocenters. The van der Waals surface area contributed by atoms with Gasteiger partial charge >= 0.3 is 5.97 Å². The number of ether oxygens (including phenoxy) is 1. The maximum atomic E-state index is 12.1. The Morgan fingerprint density at radius 2 is 1.81 bits per heavy atom. The largest absolute Gasteiger partial charge is 0.426 e. The predicted molar refractivity (Wildman–Crippen MR) is 84.3 cm³/mol. The van der Waals surface area contributed by atoms with E-state index in [1.807, 2.05) is 51.1 Å². The van der Waals surface area contributed by atoms with Gasteiger partial charge in [0, 0.05) is 0 Å². The first kappa shape index (κ1) is 15.5. The lowest BCUT2D eigenvalue weighted by Gasteiger charge is -2.20. The molecule has 112 valence electrons. The molecule has 3 heteroatoms. The second-order valence-corrected chi connectivity index (χ2v) is 6.07. The quantitative estimate of drug-likeness (QED) is 0.675. The lowest BCUT2D eigenvalue weighted by molar-refractivity contribution is -0.144. The van der Waals surface area contributed by atoms with Crippen molar-refractivity contribution < 1.29 is 14.6 Å². The molecule has 21 heavy (non-hydrogen) atoms. The Morgan fingerprint density at radius 3 is 2.43 bits per heavy atom. The van der Waals surface area contributed by atoms with E-state index in [1.165, 1.54) is 0 Å². The second kappa shape index (κ2) is 5.86. The van der Waals surface area contributed by atoms with Gasteiger partial charge in [-0.15, -0.1) is 0 Å². The Bertz CT molecular complexity index is 657. The van der Waals surface area contributed by atoms with Gasteiger partial charge in [0.1, 0.15) is 5.75 Å². The Labute approximate surface area is 125 Å². The molecule has 0 bridgehead atoms. The van der Waals surface area contributed by atoms with Gasteiger partial charge in [-0.1, -0.05) is 25.1 Å². The van der Waals surface area contributed by atoms with Crippen molar-refractivity contribution >= 4 is 16.7 Å². The maximum absolute atomic E-state index is 12.1. The highest BCUT2D eigenvalue weighted by atomic mass is 16.5.